The van der Waals surface area contributed by atoms with Crippen LogP contribution in [0.3, 0.4) is 0 Å². The van der Waals surface area contributed by atoms with Crippen molar-refractivity contribution >= 4 is 5.91 Å². The van der Waals surface area contributed by atoms with Gasteiger partial charge in [0.05, 0.1) is 0 Å². The number of hydrogen-bond acceptors (Lipinski definition) is 3. The number of amides is 1. The zero-order chi connectivity index (χ0) is 13.4. The van der Waals surface area contributed by atoms with E-state index in [0.717, 1.165) is 45.4 Å². The van der Waals surface area contributed by atoms with Gasteiger partial charge in [-0.2, -0.15) is 0 Å². The fraction of sp³-hybridized carbons (Fsp3) is 0.929. The van der Waals surface area contributed by atoms with Gasteiger partial charge in [-0.1, -0.05) is 20.3 Å². The number of nitrogens with two attached hydrogens (primary N) is 1. The summed E-state index contributed by atoms with van der Waals surface area (Å²) in [7, 11) is 0. The highest BCUT2D eigenvalue weighted by Gasteiger charge is 2.31. The van der Waals surface area contributed by atoms with Gasteiger partial charge in [-0.25, -0.2) is 0 Å². The number of carbonyl (C=O) groups excluding carboxylic acids is 1. The van der Waals surface area contributed by atoms with Crippen molar-refractivity contribution in [1.82, 2.24) is 10.2 Å². The van der Waals surface area contributed by atoms with Crippen molar-refractivity contribution in [2.75, 3.05) is 32.7 Å². The predicted molar refractivity (Wildman–Crippen MR) is 75.3 cm³/mol. The molecule has 0 saturated heterocycles. The fourth-order valence-corrected chi connectivity index (χ4v) is 2.88. The van der Waals surface area contributed by atoms with E-state index in [-0.39, 0.29) is 11.8 Å². The summed E-state index contributed by atoms with van der Waals surface area (Å²) in [5.41, 5.74) is 5.71. The van der Waals surface area contributed by atoms with Gasteiger partial charge in [0, 0.05) is 19.0 Å². The van der Waals surface area contributed by atoms with Crippen LogP contribution in [0, 0.1) is 11.8 Å². The van der Waals surface area contributed by atoms with Gasteiger partial charge in [0.1, 0.15) is 0 Å². The van der Waals surface area contributed by atoms with Crippen LogP contribution >= 0.6 is 0 Å². The zero-order valence-electron chi connectivity index (χ0n) is 12.0. The molecule has 2 unspecified atom stereocenters. The van der Waals surface area contributed by atoms with Gasteiger partial charge >= 0.3 is 0 Å². The average molecular weight is 255 g/mol. The Morgan fingerprint density at radius 1 is 1.33 bits per heavy atom. The van der Waals surface area contributed by atoms with Crippen LogP contribution < -0.4 is 11.1 Å². The molecule has 0 heterocycles. The van der Waals surface area contributed by atoms with Crippen LogP contribution in [0.25, 0.3) is 0 Å². The maximum atomic E-state index is 12.1. The molecule has 1 aliphatic carbocycles. The smallest absolute Gasteiger partial charge is 0.223 e. The van der Waals surface area contributed by atoms with E-state index in [0.29, 0.717) is 12.5 Å². The molecule has 0 aromatic rings. The van der Waals surface area contributed by atoms with Gasteiger partial charge in [-0.15, -0.1) is 0 Å². The Morgan fingerprint density at radius 2 is 2.11 bits per heavy atom. The molecule has 3 N–H and O–H groups in total. The Hall–Kier alpha value is -0.610. The molecule has 18 heavy (non-hydrogen) atoms. The van der Waals surface area contributed by atoms with Crippen LogP contribution in [0.1, 0.15) is 39.5 Å². The Balaban J connectivity index is 2.24. The van der Waals surface area contributed by atoms with E-state index >= 15 is 0 Å². The first kappa shape index (κ1) is 15.4. The summed E-state index contributed by atoms with van der Waals surface area (Å²) >= 11 is 0. The molecule has 2 atom stereocenters. The lowest BCUT2D eigenvalue weighted by Crippen LogP contribution is -2.39. The van der Waals surface area contributed by atoms with Crippen LogP contribution in [0.4, 0.5) is 0 Å². The highest BCUT2D eigenvalue weighted by atomic mass is 16.1. The molecule has 106 valence electrons. The summed E-state index contributed by atoms with van der Waals surface area (Å²) in [4.78, 5) is 14.4. The van der Waals surface area contributed by atoms with E-state index in [1.54, 1.807) is 0 Å². The molecule has 0 radical (unpaired) electrons. The van der Waals surface area contributed by atoms with Crippen LogP contribution in [0.15, 0.2) is 0 Å². The lowest BCUT2D eigenvalue weighted by molar-refractivity contribution is -0.126. The Morgan fingerprint density at radius 3 is 2.72 bits per heavy atom. The number of likely N-dealkylation sites (N-methyl/N-ethyl adjacent to an activating group) is 1. The number of nitrogens with one attached hydrogen (secondary N) is 1. The lowest BCUT2D eigenvalue weighted by atomic mass is 9.95. The topological polar surface area (TPSA) is 58.4 Å². The largest absolute Gasteiger partial charge is 0.355 e. The van der Waals surface area contributed by atoms with Gasteiger partial charge in [-0.3, -0.25) is 4.79 Å². The minimum atomic E-state index is 0.163. The van der Waals surface area contributed by atoms with Crippen LogP contribution in [0.2, 0.25) is 0 Å². The maximum Gasteiger partial charge on any atom is 0.223 e. The molecular weight excluding hydrogens is 226 g/mol. The van der Waals surface area contributed by atoms with Crippen molar-refractivity contribution in [1.29, 1.82) is 0 Å². The minimum Gasteiger partial charge on any atom is -0.355 e. The number of nitrogens with zero attached hydrogens (tertiary/aromatic N) is 1. The Kier molecular flexibility index (Phi) is 7.28. The van der Waals surface area contributed by atoms with Crippen molar-refractivity contribution in [3.63, 3.8) is 0 Å². The molecule has 0 aromatic carbocycles. The third-order valence-corrected chi connectivity index (χ3v) is 4.01. The molecule has 0 aliphatic heterocycles. The van der Waals surface area contributed by atoms with Gasteiger partial charge < -0.3 is 16.0 Å². The molecule has 0 bridgehead atoms. The summed E-state index contributed by atoms with van der Waals surface area (Å²) in [5, 5.41) is 3.08. The molecule has 4 nitrogen and oxygen atoms in total. The predicted octanol–water partition coefficient (Wildman–Crippen LogP) is 1.21. The summed E-state index contributed by atoms with van der Waals surface area (Å²) in [6.45, 7) is 8.88. The molecule has 1 rings (SSSR count). The van der Waals surface area contributed by atoms with Gasteiger partial charge in [0.15, 0.2) is 0 Å². The van der Waals surface area contributed by atoms with E-state index in [2.05, 4.69) is 24.1 Å². The van der Waals surface area contributed by atoms with Crippen LogP contribution in [0.5, 0.6) is 0 Å². The standard InChI is InChI=1S/C14H29N3O/c1-3-9-17(4-2)10-8-16-14(18)13-7-5-6-12(13)11-15/h12-13H,3-11,15H2,1-2H3,(H,16,18). The minimum absolute atomic E-state index is 0.163. The lowest BCUT2D eigenvalue weighted by Gasteiger charge is -2.21. The van der Waals surface area contributed by atoms with E-state index in [1.807, 2.05) is 0 Å². The molecular formula is C14H29N3O. The first-order chi connectivity index (χ1) is 8.72. The quantitative estimate of drug-likeness (QED) is 0.685. The van der Waals surface area contributed by atoms with Crippen LogP contribution in [-0.2, 0) is 4.79 Å². The molecule has 1 saturated carbocycles. The second-order valence-electron chi connectivity index (χ2n) is 5.26. The van der Waals surface area contributed by atoms with Crippen molar-refractivity contribution in [2.24, 2.45) is 17.6 Å². The van der Waals surface area contributed by atoms with Gasteiger partial charge in [-0.05, 0) is 44.8 Å². The molecule has 1 amide bonds. The molecule has 1 aliphatic rings. The van der Waals surface area contributed by atoms with Crippen molar-refractivity contribution < 1.29 is 4.79 Å². The maximum absolute atomic E-state index is 12.1. The van der Waals surface area contributed by atoms with E-state index in [9.17, 15) is 4.79 Å². The molecule has 0 spiro atoms. The second-order valence-corrected chi connectivity index (χ2v) is 5.26. The van der Waals surface area contributed by atoms with E-state index < -0.39 is 0 Å². The summed E-state index contributed by atoms with van der Waals surface area (Å²) in [6, 6.07) is 0. The highest BCUT2D eigenvalue weighted by molar-refractivity contribution is 5.79. The molecule has 4 heteroatoms. The first-order valence-corrected chi connectivity index (χ1v) is 7.43. The van der Waals surface area contributed by atoms with Gasteiger partial charge in [0.2, 0.25) is 5.91 Å². The van der Waals surface area contributed by atoms with Gasteiger partial charge in [0.25, 0.3) is 0 Å². The molecule has 0 aromatic heterocycles. The summed E-state index contributed by atoms with van der Waals surface area (Å²) in [6.07, 6.45) is 4.45. The average Bonchev–Trinajstić information content (AvgIpc) is 2.85. The van der Waals surface area contributed by atoms with Crippen molar-refractivity contribution in [3.05, 3.63) is 0 Å². The van der Waals surface area contributed by atoms with Crippen molar-refractivity contribution in [2.45, 2.75) is 39.5 Å². The van der Waals surface area contributed by atoms with E-state index in [4.69, 9.17) is 5.73 Å². The summed E-state index contributed by atoms with van der Waals surface area (Å²) in [5.74, 6) is 0.787. The highest BCUT2D eigenvalue weighted by Crippen LogP contribution is 2.30. The normalized spacial score (nSPS) is 23.6. The van der Waals surface area contributed by atoms with E-state index in [1.165, 1.54) is 6.42 Å². The second kappa shape index (κ2) is 8.48. The Labute approximate surface area is 111 Å². The zero-order valence-corrected chi connectivity index (χ0v) is 12.0. The molecule has 1 fully saturated rings. The fourth-order valence-electron chi connectivity index (χ4n) is 2.88. The number of hydrogen-bond donors (Lipinski definition) is 2. The summed E-state index contributed by atoms with van der Waals surface area (Å²) < 4.78 is 0. The monoisotopic (exact) mass is 255 g/mol. The first-order valence-electron chi connectivity index (χ1n) is 7.43. The number of carbonyl (C=O) groups is 1. The van der Waals surface area contributed by atoms with Crippen molar-refractivity contribution in [3.8, 4) is 0 Å². The third-order valence-electron chi connectivity index (χ3n) is 4.01. The van der Waals surface area contributed by atoms with Crippen LogP contribution in [-0.4, -0.2) is 43.5 Å². The third kappa shape index (κ3) is 4.58. The Bertz CT molecular complexity index is 245. The number of rotatable bonds is 8. The SMILES string of the molecule is CCCN(CC)CCNC(=O)C1CCCC1CN.